The van der Waals surface area contributed by atoms with Crippen molar-refractivity contribution in [2.45, 2.75) is 26.3 Å². The Morgan fingerprint density at radius 1 is 1.15 bits per heavy atom. The predicted octanol–water partition coefficient (Wildman–Crippen LogP) is 5.57. The van der Waals surface area contributed by atoms with Crippen molar-refractivity contribution in [1.82, 2.24) is 0 Å². The summed E-state index contributed by atoms with van der Waals surface area (Å²) in [5.41, 5.74) is 3.00. The molecule has 0 aliphatic carbocycles. The first-order valence-electron chi connectivity index (χ1n) is 6.52. The van der Waals surface area contributed by atoms with Crippen LogP contribution < -0.4 is 5.32 Å². The van der Waals surface area contributed by atoms with Gasteiger partial charge in [0.15, 0.2) is 0 Å². The van der Waals surface area contributed by atoms with E-state index >= 15 is 0 Å². The number of hydrogen-bond acceptors (Lipinski definition) is 2. The van der Waals surface area contributed by atoms with Crippen molar-refractivity contribution in [3.05, 3.63) is 57.6 Å². The number of benzene rings is 2. The highest BCUT2D eigenvalue weighted by Crippen LogP contribution is 2.32. The highest BCUT2D eigenvalue weighted by molar-refractivity contribution is 6.35. The average molecular weight is 310 g/mol. The number of aryl methyl sites for hydroxylation is 1. The fraction of sp³-hybridized carbons (Fsp3) is 0.250. The van der Waals surface area contributed by atoms with Crippen molar-refractivity contribution < 1.29 is 5.11 Å². The minimum Gasteiger partial charge on any atom is -0.508 e. The van der Waals surface area contributed by atoms with Crippen LogP contribution in [0.15, 0.2) is 36.4 Å². The molecule has 2 N–H and O–H groups in total. The van der Waals surface area contributed by atoms with E-state index in [1.54, 1.807) is 18.2 Å². The summed E-state index contributed by atoms with van der Waals surface area (Å²) >= 11 is 12.2. The molecule has 0 heterocycles. The molecule has 0 saturated heterocycles. The van der Waals surface area contributed by atoms with E-state index < -0.39 is 0 Å². The number of halogens is 2. The van der Waals surface area contributed by atoms with E-state index in [9.17, 15) is 5.11 Å². The SMILES string of the molecule is CCC(Nc1ccc(O)cc1C)c1ccc(Cl)cc1Cl. The minimum absolute atomic E-state index is 0.100. The van der Waals surface area contributed by atoms with Gasteiger partial charge in [0, 0.05) is 15.7 Å². The smallest absolute Gasteiger partial charge is 0.115 e. The number of phenols is 1. The number of nitrogens with one attached hydrogen (secondary N) is 1. The van der Waals surface area contributed by atoms with Crippen LogP contribution >= 0.6 is 23.2 Å². The van der Waals surface area contributed by atoms with Gasteiger partial charge in [-0.25, -0.2) is 0 Å². The topological polar surface area (TPSA) is 32.3 Å². The van der Waals surface area contributed by atoms with Gasteiger partial charge >= 0.3 is 0 Å². The van der Waals surface area contributed by atoms with Gasteiger partial charge in [0.05, 0.1) is 6.04 Å². The van der Waals surface area contributed by atoms with Crippen molar-refractivity contribution in [3.63, 3.8) is 0 Å². The molecule has 0 aliphatic heterocycles. The van der Waals surface area contributed by atoms with E-state index in [4.69, 9.17) is 23.2 Å². The molecule has 2 rings (SSSR count). The molecule has 4 heteroatoms. The Kier molecular flexibility index (Phi) is 4.79. The normalized spacial score (nSPS) is 12.2. The fourth-order valence-electron chi connectivity index (χ4n) is 2.18. The second-order valence-corrected chi connectivity index (χ2v) is 5.61. The first-order chi connectivity index (χ1) is 9.51. The van der Waals surface area contributed by atoms with E-state index in [2.05, 4.69) is 12.2 Å². The summed E-state index contributed by atoms with van der Waals surface area (Å²) in [4.78, 5) is 0. The Morgan fingerprint density at radius 2 is 1.90 bits per heavy atom. The lowest BCUT2D eigenvalue weighted by atomic mass is 10.0. The zero-order valence-electron chi connectivity index (χ0n) is 11.5. The zero-order valence-corrected chi connectivity index (χ0v) is 13.0. The van der Waals surface area contributed by atoms with Gasteiger partial charge in [0.1, 0.15) is 5.75 Å². The monoisotopic (exact) mass is 309 g/mol. The Bertz CT molecular complexity index is 613. The summed E-state index contributed by atoms with van der Waals surface area (Å²) < 4.78 is 0. The Labute approximate surface area is 129 Å². The van der Waals surface area contributed by atoms with Crippen LogP contribution in [-0.2, 0) is 0 Å². The number of hydrogen-bond donors (Lipinski definition) is 2. The van der Waals surface area contributed by atoms with Crippen LogP contribution in [0.4, 0.5) is 5.69 Å². The first-order valence-corrected chi connectivity index (χ1v) is 7.28. The van der Waals surface area contributed by atoms with Crippen molar-refractivity contribution in [1.29, 1.82) is 0 Å². The van der Waals surface area contributed by atoms with Crippen LogP contribution in [0.5, 0.6) is 5.75 Å². The molecule has 2 aromatic rings. The summed E-state index contributed by atoms with van der Waals surface area (Å²) in [6.45, 7) is 4.05. The molecule has 0 aromatic heterocycles. The molecule has 106 valence electrons. The standard InChI is InChI=1S/C16H17Cl2NO/c1-3-15(13-6-4-11(17)9-14(13)18)19-16-7-5-12(20)8-10(16)2/h4-9,15,19-20H,3H2,1-2H3. The van der Waals surface area contributed by atoms with Crippen molar-refractivity contribution in [2.24, 2.45) is 0 Å². The summed E-state index contributed by atoms with van der Waals surface area (Å²) in [6.07, 6.45) is 0.891. The van der Waals surface area contributed by atoms with Gasteiger partial charge in [-0.15, -0.1) is 0 Å². The Balaban J connectivity index is 2.28. The van der Waals surface area contributed by atoms with E-state index in [0.29, 0.717) is 10.0 Å². The number of rotatable bonds is 4. The molecule has 0 amide bonds. The van der Waals surface area contributed by atoms with Crippen LogP contribution in [0.25, 0.3) is 0 Å². The zero-order chi connectivity index (χ0) is 14.7. The minimum atomic E-state index is 0.100. The molecule has 0 aliphatic rings. The quantitative estimate of drug-likeness (QED) is 0.723. The highest BCUT2D eigenvalue weighted by Gasteiger charge is 2.14. The molecule has 0 bridgehead atoms. The first kappa shape index (κ1) is 15.0. The van der Waals surface area contributed by atoms with Crippen LogP contribution in [-0.4, -0.2) is 5.11 Å². The number of aromatic hydroxyl groups is 1. The largest absolute Gasteiger partial charge is 0.508 e. The summed E-state index contributed by atoms with van der Waals surface area (Å²) in [5.74, 6) is 0.269. The summed E-state index contributed by atoms with van der Waals surface area (Å²) in [7, 11) is 0. The summed E-state index contributed by atoms with van der Waals surface area (Å²) in [6, 6.07) is 10.9. The average Bonchev–Trinajstić information content (AvgIpc) is 2.39. The maximum atomic E-state index is 9.46. The van der Waals surface area contributed by atoms with Gasteiger partial charge in [-0.05, 0) is 54.8 Å². The molecule has 0 fully saturated rings. The molecule has 0 spiro atoms. The van der Waals surface area contributed by atoms with Crippen molar-refractivity contribution >= 4 is 28.9 Å². The van der Waals surface area contributed by atoms with Crippen molar-refractivity contribution in [3.8, 4) is 5.75 Å². The molecule has 2 nitrogen and oxygen atoms in total. The van der Waals surface area contributed by atoms with Gasteiger partial charge in [-0.3, -0.25) is 0 Å². The van der Waals surface area contributed by atoms with Crippen LogP contribution in [0.1, 0.15) is 30.5 Å². The summed E-state index contributed by atoms with van der Waals surface area (Å²) in [5, 5.41) is 14.2. The van der Waals surface area contributed by atoms with Crippen LogP contribution in [0, 0.1) is 6.92 Å². The maximum Gasteiger partial charge on any atom is 0.115 e. The molecule has 1 atom stereocenters. The van der Waals surface area contributed by atoms with E-state index in [1.165, 1.54) is 0 Å². The molecule has 2 aromatic carbocycles. The third-order valence-corrected chi connectivity index (χ3v) is 3.85. The van der Waals surface area contributed by atoms with Crippen LogP contribution in [0.2, 0.25) is 10.0 Å². The molecular formula is C16H17Cl2NO. The van der Waals surface area contributed by atoms with Gasteiger partial charge in [0.2, 0.25) is 0 Å². The number of anilines is 1. The van der Waals surface area contributed by atoms with Crippen molar-refractivity contribution in [2.75, 3.05) is 5.32 Å². The molecule has 0 radical (unpaired) electrons. The Hall–Kier alpha value is -1.38. The van der Waals surface area contributed by atoms with Crippen LogP contribution in [0.3, 0.4) is 0 Å². The second-order valence-electron chi connectivity index (χ2n) is 4.77. The molecular weight excluding hydrogens is 293 g/mol. The predicted molar refractivity (Wildman–Crippen MR) is 86.0 cm³/mol. The second kappa shape index (κ2) is 6.38. The van der Waals surface area contributed by atoms with E-state index in [1.807, 2.05) is 25.1 Å². The lowest BCUT2D eigenvalue weighted by Gasteiger charge is -2.21. The van der Waals surface area contributed by atoms with Gasteiger partial charge in [-0.2, -0.15) is 0 Å². The third-order valence-electron chi connectivity index (χ3n) is 3.29. The maximum absolute atomic E-state index is 9.46. The highest BCUT2D eigenvalue weighted by atomic mass is 35.5. The Morgan fingerprint density at radius 3 is 2.50 bits per heavy atom. The fourth-order valence-corrected chi connectivity index (χ4v) is 2.72. The molecule has 20 heavy (non-hydrogen) atoms. The van der Waals surface area contributed by atoms with Gasteiger partial charge < -0.3 is 10.4 Å². The lowest BCUT2D eigenvalue weighted by molar-refractivity contribution is 0.475. The molecule has 1 unspecified atom stereocenters. The van der Waals surface area contributed by atoms with Gasteiger partial charge in [0.25, 0.3) is 0 Å². The lowest BCUT2D eigenvalue weighted by Crippen LogP contribution is -2.11. The van der Waals surface area contributed by atoms with E-state index in [-0.39, 0.29) is 11.8 Å². The molecule has 0 saturated carbocycles. The van der Waals surface area contributed by atoms with E-state index in [0.717, 1.165) is 23.2 Å². The third kappa shape index (κ3) is 3.38. The van der Waals surface area contributed by atoms with Gasteiger partial charge in [-0.1, -0.05) is 36.2 Å². The number of phenolic OH excluding ortho intramolecular Hbond substituents is 1.